The van der Waals surface area contributed by atoms with Crippen molar-refractivity contribution in [1.82, 2.24) is 19.9 Å². The molecule has 158 valence electrons. The third kappa shape index (κ3) is 4.31. The highest BCUT2D eigenvalue weighted by Gasteiger charge is 2.33. The summed E-state index contributed by atoms with van der Waals surface area (Å²) in [7, 11) is 0. The fourth-order valence-electron chi connectivity index (χ4n) is 3.99. The number of halogens is 1. The van der Waals surface area contributed by atoms with Gasteiger partial charge in [-0.25, -0.2) is 19.9 Å². The molecule has 4 rings (SSSR count). The molecule has 9 heteroatoms. The molecule has 2 atom stereocenters. The van der Waals surface area contributed by atoms with Crippen LogP contribution in [0, 0.1) is 5.92 Å². The smallest absolute Gasteiger partial charge is 0.179 e. The molecule has 0 amide bonds. The van der Waals surface area contributed by atoms with Crippen LogP contribution < -0.4 is 16.4 Å². The SMILES string of the molecule is CCCCC1C(CN)CCN1c1cnc2nc(Sc3ccnc(N)c3Cl)ccc2n1. The van der Waals surface area contributed by atoms with Crippen molar-refractivity contribution in [3.8, 4) is 0 Å². The van der Waals surface area contributed by atoms with Crippen molar-refractivity contribution in [2.24, 2.45) is 11.7 Å². The van der Waals surface area contributed by atoms with Gasteiger partial charge in [0.05, 0.1) is 11.2 Å². The van der Waals surface area contributed by atoms with Gasteiger partial charge in [-0.3, -0.25) is 0 Å². The molecule has 1 fully saturated rings. The Balaban J connectivity index is 1.58. The summed E-state index contributed by atoms with van der Waals surface area (Å²) in [6, 6.07) is 6.14. The van der Waals surface area contributed by atoms with Crippen molar-refractivity contribution in [3.05, 3.63) is 35.6 Å². The molecule has 0 bridgehead atoms. The predicted molar refractivity (Wildman–Crippen MR) is 123 cm³/mol. The molecule has 4 heterocycles. The van der Waals surface area contributed by atoms with E-state index >= 15 is 0 Å². The summed E-state index contributed by atoms with van der Waals surface area (Å²) in [5.74, 6) is 1.74. The summed E-state index contributed by atoms with van der Waals surface area (Å²) in [5.41, 5.74) is 13.2. The van der Waals surface area contributed by atoms with Crippen LogP contribution in [-0.4, -0.2) is 39.1 Å². The molecular weight excluding hydrogens is 418 g/mol. The Labute approximate surface area is 185 Å². The van der Waals surface area contributed by atoms with Crippen LogP contribution in [0.25, 0.3) is 11.2 Å². The highest BCUT2D eigenvalue weighted by molar-refractivity contribution is 7.99. The van der Waals surface area contributed by atoms with E-state index in [1.165, 1.54) is 24.6 Å². The fraction of sp³-hybridized carbons (Fsp3) is 0.429. The summed E-state index contributed by atoms with van der Waals surface area (Å²) >= 11 is 7.68. The number of nitrogens with zero attached hydrogens (tertiary/aromatic N) is 5. The molecule has 4 N–H and O–H groups in total. The monoisotopic (exact) mass is 443 g/mol. The quantitative estimate of drug-likeness (QED) is 0.560. The Hall–Kier alpha value is -2.16. The summed E-state index contributed by atoms with van der Waals surface area (Å²) in [6.45, 7) is 3.91. The number of fused-ring (bicyclic) bond motifs is 1. The van der Waals surface area contributed by atoms with Crippen LogP contribution in [0.3, 0.4) is 0 Å². The van der Waals surface area contributed by atoms with Crippen molar-refractivity contribution in [2.75, 3.05) is 23.7 Å². The van der Waals surface area contributed by atoms with Crippen molar-refractivity contribution in [1.29, 1.82) is 0 Å². The number of hydrogen-bond donors (Lipinski definition) is 2. The standard InChI is InChI=1S/C21H26ClN7S/c1-2-3-4-15-13(11-23)8-10-29(15)17-12-26-21-14(27-17)5-6-18(28-21)30-16-7-9-25-20(24)19(16)22/h5-7,9,12-13,15H,2-4,8,10-11,23H2,1H3,(H2,24,25). The molecular formula is C21H26ClN7S. The van der Waals surface area contributed by atoms with Gasteiger partial charge in [-0.1, -0.05) is 43.1 Å². The Morgan fingerprint density at radius 1 is 1.23 bits per heavy atom. The van der Waals surface area contributed by atoms with Gasteiger partial charge in [0.15, 0.2) is 5.65 Å². The highest BCUT2D eigenvalue weighted by Crippen LogP contribution is 2.35. The first-order valence-corrected chi connectivity index (χ1v) is 11.5. The van der Waals surface area contributed by atoms with Crippen LogP contribution >= 0.6 is 23.4 Å². The van der Waals surface area contributed by atoms with E-state index in [9.17, 15) is 0 Å². The minimum Gasteiger partial charge on any atom is -0.382 e. The van der Waals surface area contributed by atoms with E-state index in [-0.39, 0.29) is 0 Å². The van der Waals surface area contributed by atoms with Crippen molar-refractivity contribution in [3.63, 3.8) is 0 Å². The van der Waals surface area contributed by atoms with Crippen molar-refractivity contribution < 1.29 is 0 Å². The lowest BCUT2D eigenvalue weighted by molar-refractivity contribution is 0.442. The van der Waals surface area contributed by atoms with E-state index in [4.69, 9.17) is 28.1 Å². The average molecular weight is 444 g/mol. The molecule has 1 aliphatic rings. The van der Waals surface area contributed by atoms with Gasteiger partial charge in [-0.15, -0.1) is 0 Å². The van der Waals surface area contributed by atoms with Crippen LogP contribution in [0.15, 0.2) is 40.5 Å². The molecule has 2 unspecified atom stereocenters. The first kappa shape index (κ1) is 21.1. The number of unbranched alkanes of at least 4 members (excludes halogenated alkanes) is 1. The van der Waals surface area contributed by atoms with Crippen LogP contribution in [0.4, 0.5) is 11.6 Å². The van der Waals surface area contributed by atoms with Gasteiger partial charge in [-0.05, 0) is 43.5 Å². The van der Waals surface area contributed by atoms with Gasteiger partial charge in [0.1, 0.15) is 22.2 Å². The summed E-state index contributed by atoms with van der Waals surface area (Å²) < 4.78 is 0. The largest absolute Gasteiger partial charge is 0.382 e. The van der Waals surface area contributed by atoms with Gasteiger partial charge in [-0.2, -0.15) is 0 Å². The van der Waals surface area contributed by atoms with Gasteiger partial charge in [0, 0.05) is 23.7 Å². The van der Waals surface area contributed by atoms with Gasteiger partial charge >= 0.3 is 0 Å². The van der Waals surface area contributed by atoms with Crippen molar-refractivity contribution in [2.45, 2.75) is 48.6 Å². The summed E-state index contributed by atoms with van der Waals surface area (Å²) in [6.07, 6.45) is 8.09. The minimum absolute atomic E-state index is 0.311. The second-order valence-corrected chi connectivity index (χ2v) is 8.96. The fourth-order valence-corrected chi connectivity index (χ4v) is 5.03. The average Bonchev–Trinajstić information content (AvgIpc) is 3.18. The second kappa shape index (κ2) is 9.32. The summed E-state index contributed by atoms with van der Waals surface area (Å²) in [4.78, 5) is 21.3. The summed E-state index contributed by atoms with van der Waals surface area (Å²) in [5, 5.41) is 1.22. The Morgan fingerprint density at radius 3 is 2.90 bits per heavy atom. The number of nitrogens with two attached hydrogens (primary N) is 2. The van der Waals surface area contributed by atoms with E-state index in [2.05, 4.69) is 26.8 Å². The van der Waals surface area contributed by atoms with E-state index in [0.29, 0.717) is 28.4 Å². The number of pyridine rings is 2. The normalized spacial score (nSPS) is 19.0. The highest BCUT2D eigenvalue weighted by atomic mass is 35.5. The Bertz CT molecular complexity index is 1030. The zero-order valence-electron chi connectivity index (χ0n) is 17.0. The maximum atomic E-state index is 6.25. The zero-order valence-corrected chi connectivity index (χ0v) is 18.5. The second-order valence-electron chi connectivity index (χ2n) is 7.52. The molecule has 3 aromatic rings. The third-order valence-corrected chi connectivity index (χ3v) is 7.10. The molecule has 0 spiro atoms. The van der Waals surface area contributed by atoms with E-state index in [1.54, 1.807) is 6.20 Å². The first-order chi connectivity index (χ1) is 14.6. The molecule has 3 aromatic heterocycles. The number of nitrogen functional groups attached to an aromatic ring is 1. The van der Waals surface area contributed by atoms with Crippen LogP contribution in [0.1, 0.15) is 32.6 Å². The lowest BCUT2D eigenvalue weighted by atomic mass is 9.96. The molecule has 7 nitrogen and oxygen atoms in total. The Morgan fingerprint density at radius 2 is 2.10 bits per heavy atom. The lowest BCUT2D eigenvalue weighted by Gasteiger charge is -2.28. The zero-order chi connectivity index (χ0) is 21.1. The van der Waals surface area contributed by atoms with Crippen LogP contribution in [-0.2, 0) is 0 Å². The molecule has 0 aromatic carbocycles. The van der Waals surface area contributed by atoms with Gasteiger partial charge in [0.2, 0.25) is 0 Å². The molecule has 0 aliphatic carbocycles. The molecule has 30 heavy (non-hydrogen) atoms. The van der Waals surface area contributed by atoms with Crippen LogP contribution in [0.5, 0.6) is 0 Å². The number of anilines is 2. The Kier molecular flexibility index (Phi) is 6.55. The minimum atomic E-state index is 0.311. The van der Waals surface area contributed by atoms with Gasteiger partial charge in [0.25, 0.3) is 0 Å². The topological polar surface area (TPSA) is 107 Å². The van der Waals surface area contributed by atoms with Gasteiger partial charge < -0.3 is 16.4 Å². The number of aromatic nitrogens is 4. The molecule has 1 saturated heterocycles. The van der Waals surface area contributed by atoms with Crippen molar-refractivity contribution >= 4 is 46.2 Å². The first-order valence-electron chi connectivity index (χ1n) is 10.3. The lowest BCUT2D eigenvalue weighted by Crippen LogP contribution is -2.36. The van der Waals surface area contributed by atoms with E-state index < -0.39 is 0 Å². The predicted octanol–water partition coefficient (Wildman–Crippen LogP) is 4.15. The van der Waals surface area contributed by atoms with E-state index in [0.717, 1.165) is 47.2 Å². The van der Waals surface area contributed by atoms with E-state index in [1.807, 2.05) is 24.4 Å². The van der Waals surface area contributed by atoms with Crippen LogP contribution in [0.2, 0.25) is 5.02 Å². The molecule has 0 radical (unpaired) electrons. The third-order valence-electron chi connectivity index (χ3n) is 5.60. The number of rotatable bonds is 7. The number of hydrogen-bond acceptors (Lipinski definition) is 8. The maximum Gasteiger partial charge on any atom is 0.179 e. The molecule has 0 saturated carbocycles. The maximum absolute atomic E-state index is 6.25. The molecule has 1 aliphatic heterocycles.